The minimum absolute atomic E-state index is 0.0556. The molecule has 0 bridgehead atoms. The third-order valence-corrected chi connectivity index (χ3v) is 5.90. The Morgan fingerprint density at radius 1 is 1.12 bits per heavy atom. The second-order valence-corrected chi connectivity index (χ2v) is 7.92. The number of rotatable bonds is 7. The van der Waals surface area contributed by atoms with Gasteiger partial charge in [0, 0.05) is 6.54 Å². The number of hydrogen-bond donors (Lipinski definition) is 0. The molecule has 0 atom stereocenters. The van der Waals surface area contributed by atoms with Crippen LogP contribution in [0.25, 0.3) is 0 Å². The molecule has 25 heavy (non-hydrogen) atoms. The number of benzene rings is 2. The van der Waals surface area contributed by atoms with Crippen molar-refractivity contribution in [1.82, 2.24) is 4.31 Å². The van der Waals surface area contributed by atoms with E-state index in [9.17, 15) is 13.2 Å². The molecule has 0 aliphatic rings. The predicted molar refractivity (Wildman–Crippen MR) is 96.7 cm³/mol. The molecule has 6 nitrogen and oxygen atoms in total. The van der Waals surface area contributed by atoms with Crippen molar-refractivity contribution in [2.24, 2.45) is 0 Å². The second kappa shape index (κ2) is 8.46. The summed E-state index contributed by atoms with van der Waals surface area (Å²) >= 11 is 3.28. The molecule has 0 aliphatic heterocycles. The van der Waals surface area contributed by atoms with Gasteiger partial charge in [-0.25, -0.2) is 8.42 Å². The van der Waals surface area contributed by atoms with Crippen LogP contribution < -0.4 is 4.74 Å². The van der Waals surface area contributed by atoms with Gasteiger partial charge in [0.15, 0.2) is 0 Å². The van der Waals surface area contributed by atoms with E-state index in [-0.39, 0.29) is 18.0 Å². The van der Waals surface area contributed by atoms with Gasteiger partial charge < -0.3 is 9.47 Å². The number of methoxy groups -OCH3 is 2. The van der Waals surface area contributed by atoms with Gasteiger partial charge in [0.05, 0.1) is 23.6 Å². The number of nitrogens with zero attached hydrogens (tertiary/aromatic N) is 1. The van der Waals surface area contributed by atoms with Crippen molar-refractivity contribution in [1.29, 1.82) is 0 Å². The Balaban J connectivity index is 2.40. The van der Waals surface area contributed by atoms with Crippen LogP contribution in [0.4, 0.5) is 0 Å². The summed E-state index contributed by atoms with van der Waals surface area (Å²) in [5, 5.41) is 0. The number of ether oxygens (including phenoxy) is 2. The summed E-state index contributed by atoms with van der Waals surface area (Å²) in [7, 11) is -1.19. The molecular formula is C17H18BrNO5S. The van der Waals surface area contributed by atoms with Gasteiger partial charge in [0.25, 0.3) is 0 Å². The lowest BCUT2D eigenvalue weighted by Gasteiger charge is -2.21. The number of hydrogen-bond acceptors (Lipinski definition) is 5. The van der Waals surface area contributed by atoms with E-state index in [1.54, 1.807) is 18.2 Å². The first-order chi connectivity index (χ1) is 11.9. The number of sulfonamides is 1. The molecule has 0 fully saturated rings. The van der Waals surface area contributed by atoms with Gasteiger partial charge in [0.1, 0.15) is 12.3 Å². The van der Waals surface area contributed by atoms with Crippen molar-refractivity contribution in [3.05, 3.63) is 58.6 Å². The normalized spacial score (nSPS) is 11.4. The van der Waals surface area contributed by atoms with E-state index in [1.807, 2.05) is 18.2 Å². The summed E-state index contributed by atoms with van der Waals surface area (Å²) in [6.45, 7) is -0.320. The van der Waals surface area contributed by atoms with E-state index < -0.39 is 16.0 Å². The first-order valence-electron chi connectivity index (χ1n) is 7.33. The standard InChI is InChI=1S/C17H18BrNO5S/c1-23-16-9-8-14(10-15(16)18)25(21,22)19(12-17(20)24-2)11-13-6-4-3-5-7-13/h3-10H,11-12H2,1-2H3. The molecule has 0 saturated heterocycles. The summed E-state index contributed by atoms with van der Waals surface area (Å²) in [5.41, 5.74) is 0.766. The van der Waals surface area contributed by atoms with Crippen LogP contribution in [0.3, 0.4) is 0 Å². The van der Waals surface area contributed by atoms with Crippen molar-refractivity contribution in [3.63, 3.8) is 0 Å². The monoisotopic (exact) mass is 427 g/mol. The van der Waals surface area contributed by atoms with Crippen molar-refractivity contribution in [3.8, 4) is 5.75 Å². The van der Waals surface area contributed by atoms with Crippen LogP contribution in [0.15, 0.2) is 57.9 Å². The SMILES string of the molecule is COC(=O)CN(Cc1ccccc1)S(=O)(=O)c1ccc(OC)c(Br)c1. The Labute approximate surface area is 155 Å². The van der Waals surface area contributed by atoms with Gasteiger partial charge in [-0.1, -0.05) is 30.3 Å². The van der Waals surface area contributed by atoms with Crippen molar-refractivity contribution < 1.29 is 22.7 Å². The molecule has 0 saturated carbocycles. The highest BCUT2D eigenvalue weighted by Gasteiger charge is 2.28. The maximum absolute atomic E-state index is 13.0. The molecule has 0 aliphatic carbocycles. The van der Waals surface area contributed by atoms with Crippen molar-refractivity contribution in [2.45, 2.75) is 11.4 Å². The lowest BCUT2D eigenvalue weighted by molar-refractivity contribution is -0.140. The molecular weight excluding hydrogens is 410 g/mol. The maximum Gasteiger partial charge on any atom is 0.321 e. The van der Waals surface area contributed by atoms with Crippen LogP contribution in [0, 0.1) is 0 Å². The molecule has 0 amide bonds. The summed E-state index contributed by atoms with van der Waals surface area (Å²) in [6.07, 6.45) is 0. The molecule has 0 unspecified atom stereocenters. The molecule has 8 heteroatoms. The van der Waals surface area contributed by atoms with E-state index in [2.05, 4.69) is 20.7 Å². The molecule has 2 aromatic rings. The molecule has 0 N–H and O–H groups in total. The number of carbonyl (C=O) groups excluding carboxylic acids is 1. The fraction of sp³-hybridized carbons (Fsp3) is 0.235. The van der Waals surface area contributed by atoms with Crippen molar-refractivity contribution in [2.75, 3.05) is 20.8 Å². The summed E-state index contributed by atoms with van der Waals surface area (Å²) in [5.74, 6) is -0.117. The molecule has 2 rings (SSSR count). The van der Waals surface area contributed by atoms with Crippen LogP contribution >= 0.6 is 15.9 Å². The summed E-state index contributed by atoms with van der Waals surface area (Å²) < 4.78 is 37.3. The fourth-order valence-electron chi connectivity index (χ4n) is 2.18. The van der Waals surface area contributed by atoms with Crippen LogP contribution in [-0.4, -0.2) is 39.5 Å². The Morgan fingerprint density at radius 3 is 2.36 bits per heavy atom. The predicted octanol–water partition coefficient (Wildman–Crippen LogP) is 2.82. The second-order valence-electron chi connectivity index (χ2n) is 5.13. The lowest BCUT2D eigenvalue weighted by Crippen LogP contribution is -2.35. The van der Waals surface area contributed by atoms with Crippen LogP contribution in [0.1, 0.15) is 5.56 Å². The van der Waals surface area contributed by atoms with Gasteiger partial charge in [-0.05, 0) is 39.7 Å². The van der Waals surface area contributed by atoms with Gasteiger partial charge in [-0.15, -0.1) is 0 Å². The zero-order chi connectivity index (χ0) is 18.4. The molecule has 0 spiro atoms. The third-order valence-electron chi connectivity index (χ3n) is 3.50. The highest BCUT2D eigenvalue weighted by molar-refractivity contribution is 9.10. The van der Waals surface area contributed by atoms with Gasteiger partial charge >= 0.3 is 5.97 Å². The highest BCUT2D eigenvalue weighted by atomic mass is 79.9. The van der Waals surface area contributed by atoms with E-state index in [4.69, 9.17) is 4.74 Å². The fourth-order valence-corrected chi connectivity index (χ4v) is 4.27. The van der Waals surface area contributed by atoms with Gasteiger partial charge in [0.2, 0.25) is 10.0 Å². The first-order valence-corrected chi connectivity index (χ1v) is 9.56. The smallest absolute Gasteiger partial charge is 0.321 e. The van der Waals surface area contributed by atoms with Crippen LogP contribution in [0.5, 0.6) is 5.75 Å². The molecule has 0 radical (unpaired) electrons. The lowest BCUT2D eigenvalue weighted by atomic mass is 10.2. The molecule has 2 aromatic carbocycles. The minimum Gasteiger partial charge on any atom is -0.496 e. The zero-order valence-electron chi connectivity index (χ0n) is 13.8. The molecule has 134 valence electrons. The Kier molecular flexibility index (Phi) is 6.57. The number of carbonyl (C=O) groups is 1. The Hall–Kier alpha value is -1.90. The summed E-state index contributed by atoms with van der Waals surface area (Å²) in [6, 6.07) is 13.5. The third kappa shape index (κ3) is 4.81. The molecule has 0 heterocycles. The number of esters is 1. The zero-order valence-corrected chi connectivity index (χ0v) is 16.2. The highest BCUT2D eigenvalue weighted by Crippen LogP contribution is 2.29. The first kappa shape index (κ1) is 19.4. The molecule has 0 aromatic heterocycles. The van der Waals surface area contributed by atoms with Gasteiger partial charge in [-0.3, -0.25) is 4.79 Å². The van der Waals surface area contributed by atoms with Gasteiger partial charge in [-0.2, -0.15) is 4.31 Å². The Morgan fingerprint density at radius 2 is 1.80 bits per heavy atom. The van der Waals surface area contributed by atoms with Crippen LogP contribution in [-0.2, 0) is 26.1 Å². The van der Waals surface area contributed by atoms with E-state index in [0.29, 0.717) is 10.2 Å². The van der Waals surface area contributed by atoms with Crippen LogP contribution in [0.2, 0.25) is 0 Å². The summed E-state index contributed by atoms with van der Waals surface area (Å²) in [4.78, 5) is 11.8. The topological polar surface area (TPSA) is 72.9 Å². The quantitative estimate of drug-likeness (QED) is 0.635. The van der Waals surface area contributed by atoms with E-state index >= 15 is 0 Å². The average molecular weight is 428 g/mol. The minimum atomic E-state index is -3.90. The largest absolute Gasteiger partial charge is 0.496 e. The average Bonchev–Trinajstić information content (AvgIpc) is 2.61. The Bertz CT molecular complexity index is 839. The number of halogens is 1. The van der Waals surface area contributed by atoms with E-state index in [0.717, 1.165) is 9.87 Å². The van der Waals surface area contributed by atoms with E-state index in [1.165, 1.54) is 26.4 Å². The van der Waals surface area contributed by atoms with Crippen molar-refractivity contribution >= 4 is 31.9 Å². The maximum atomic E-state index is 13.0.